The Morgan fingerprint density at radius 3 is 2.75 bits per heavy atom. The SMILES string of the molecule is Cc1nc2oc3c(-n4ccc[n+]4C)c(C)ccc3c2o1. The molecule has 4 rings (SSSR count). The third kappa shape index (κ3) is 1.37. The van der Waals surface area contributed by atoms with Gasteiger partial charge in [-0.25, -0.2) is 0 Å². The van der Waals surface area contributed by atoms with Crippen LogP contribution in [0.15, 0.2) is 39.4 Å². The first-order valence-electron chi connectivity index (χ1n) is 6.48. The van der Waals surface area contributed by atoms with Crippen molar-refractivity contribution in [2.45, 2.75) is 13.8 Å². The van der Waals surface area contributed by atoms with Crippen molar-refractivity contribution in [2.24, 2.45) is 7.05 Å². The number of fused-ring (bicyclic) bond motifs is 3. The number of furan rings is 1. The number of aryl methyl sites for hydroxylation is 3. The van der Waals surface area contributed by atoms with Crippen LogP contribution in [-0.4, -0.2) is 9.67 Å². The summed E-state index contributed by atoms with van der Waals surface area (Å²) in [4.78, 5) is 4.28. The van der Waals surface area contributed by atoms with E-state index in [1.807, 2.05) is 47.9 Å². The van der Waals surface area contributed by atoms with E-state index in [0.717, 1.165) is 22.2 Å². The first-order valence-corrected chi connectivity index (χ1v) is 6.48. The molecule has 20 heavy (non-hydrogen) atoms. The second kappa shape index (κ2) is 3.72. The third-order valence-electron chi connectivity index (χ3n) is 3.58. The molecule has 0 bridgehead atoms. The molecule has 0 atom stereocenters. The molecule has 3 aromatic heterocycles. The fourth-order valence-corrected chi connectivity index (χ4v) is 2.63. The van der Waals surface area contributed by atoms with E-state index >= 15 is 0 Å². The van der Waals surface area contributed by atoms with Gasteiger partial charge in [-0.2, -0.15) is 4.98 Å². The van der Waals surface area contributed by atoms with Crippen LogP contribution in [0.4, 0.5) is 0 Å². The second-order valence-electron chi connectivity index (χ2n) is 4.99. The van der Waals surface area contributed by atoms with Gasteiger partial charge in [0.15, 0.2) is 30.4 Å². The quantitative estimate of drug-likeness (QED) is 0.499. The van der Waals surface area contributed by atoms with Gasteiger partial charge in [0, 0.05) is 13.0 Å². The Bertz CT molecular complexity index is 943. The lowest BCUT2D eigenvalue weighted by atomic mass is 10.1. The highest BCUT2D eigenvalue weighted by atomic mass is 16.4. The number of hydrogen-bond acceptors (Lipinski definition) is 3. The molecular formula is C15H14N3O2+. The van der Waals surface area contributed by atoms with Gasteiger partial charge in [0.2, 0.25) is 5.58 Å². The van der Waals surface area contributed by atoms with E-state index in [2.05, 4.69) is 18.0 Å². The van der Waals surface area contributed by atoms with Crippen LogP contribution in [0.1, 0.15) is 11.5 Å². The molecule has 0 unspecified atom stereocenters. The number of aromatic nitrogens is 3. The van der Waals surface area contributed by atoms with Gasteiger partial charge in [-0.1, -0.05) is 6.07 Å². The lowest BCUT2D eigenvalue weighted by Crippen LogP contribution is -2.37. The van der Waals surface area contributed by atoms with Crippen molar-refractivity contribution in [3.05, 3.63) is 42.0 Å². The highest BCUT2D eigenvalue weighted by Gasteiger charge is 2.21. The third-order valence-corrected chi connectivity index (χ3v) is 3.58. The van der Waals surface area contributed by atoms with Crippen LogP contribution < -0.4 is 4.68 Å². The zero-order valence-corrected chi connectivity index (χ0v) is 11.5. The zero-order chi connectivity index (χ0) is 13.9. The standard InChI is InChI=1S/C15H14N3O2/c1-9-5-6-11-13(12(9)18-8-4-7-17(18)3)20-15-14(11)19-10(2)16-15/h4-8H,1-3H3/q+1. The van der Waals surface area contributed by atoms with Gasteiger partial charge in [-0.3, -0.25) is 0 Å². The maximum Gasteiger partial charge on any atom is 0.267 e. The predicted molar refractivity (Wildman–Crippen MR) is 73.8 cm³/mol. The number of hydrogen-bond donors (Lipinski definition) is 0. The molecular weight excluding hydrogens is 254 g/mol. The summed E-state index contributed by atoms with van der Waals surface area (Å²) >= 11 is 0. The first kappa shape index (κ1) is 11.3. The molecule has 0 aliphatic rings. The van der Waals surface area contributed by atoms with Gasteiger partial charge in [0.1, 0.15) is 0 Å². The Balaban J connectivity index is 2.16. The Hall–Kier alpha value is -2.56. The normalized spacial score (nSPS) is 11.8. The van der Waals surface area contributed by atoms with Crippen LogP contribution in [0.25, 0.3) is 28.0 Å². The molecule has 0 aliphatic carbocycles. The summed E-state index contributed by atoms with van der Waals surface area (Å²) in [6, 6.07) is 6.09. The Morgan fingerprint density at radius 1 is 1.15 bits per heavy atom. The molecule has 5 heteroatoms. The molecule has 0 saturated heterocycles. The molecule has 1 aromatic carbocycles. The topological polar surface area (TPSA) is 48.0 Å². The number of nitrogens with zero attached hydrogens (tertiary/aromatic N) is 3. The van der Waals surface area contributed by atoms with Crippen molar-refractivity contribution in [3.63, 3.8) is 0 Å². The van der Waals surface area contributed by atoms with E-state index in [9.17, 15) is 0 Å². The number of oxazole rings is 1. The van der Waals surface area contributed by atoms with Crippen molar-refractivity contribution in [3.8, 4) is 5.69 Å². The summed E-state index contributed by atoms with van der Waals surface area (Å²) in [5.74, 6) is 0.620. The number of rotatable bonds is 1. The minimum atomic E-state index is 0.555. The van der Waals surface area contributed by atoms with Gasteiger partial charge in [-0.15, -0.1) is 9.36 Å². The minimum absolute atomic E-state index is 0.555. The first-order chi connectivity index (χ1) is 9.65. The molecule has 0 aliphatic heterocycles. The van der Waals surface area contributed by atoms with Crippen molar-refractivity contribution in [2.75, 3.05) is 0 Å². The van der Waals surface area contributed by atoms with Gasteiger partial charge >= 0.3 is 0 Å². The Labute approximate surface area is 115 Å². The smallest absolute Gasteiger partial charge is 0.267 e. The van der Waals surface area contributed by atoms with E-state index < -0.39 is 0 Å². The fraction of sp³-hybridized carbons (Fsp3) is 0.200. The van der Waals surface area contributed by atoms with E-state index in [1.165, 1.54) is 0 Å². The summed E-state index contributed by atoms with van der Waals surface area (Å²) in [6.07, 6.45) is 4.00. The van der Waals surface area contributed by atoms with Crippen LogP contribution in [0.5, 0.6) is 0 Å². The van der Waals surface area contributed by atoms with E-state index in [0.29, 0.717) is 17.2 Å². The van der Waals surface area contributed by atoms with Gasteiger partial charge in [0.05, 0.1) is 11.6 Å². The second-order valence-corrected chi connectivity index (χ2v) is 4.99. The van der Waals surface area contributed by atoms with E-state index in [4.69, 9.17) is 8.83 Å². The van der Waals surface area contributed by atoms with Crippen molar-refractivity contribution in [1.82, 2.24) is 9.67 Å². The molecule has 0 amide bonds. The van der Waals surface area contributed by atoms with Crippen LogP contribution in [-0.2, 0) is 7.05 Å². The van der Waals surface area contributed by atoms with Crippen molar-refractivity contribution >= 4 is 22.3 Å². The van der Waals surface area contributed by atoms with Gasteiger partial charge in [-0.05, 0) is 18.6 Å². The largest absolute Gasteiger partial charge is 0.437 e. The highest BCUT2D eigenvalue weighted by Crippen LogP contribution is 2.34. The molecule has 0 spiro atoms. The molecule has 0 saturated carbocycles. The predicted octanol–water partition coefficient (Wildman–Crippen LogP) is 2.81. The number of benzene rings is 1. The van der Waals surface area contributed by atoms with E-state index in [-0.39, 0.29) is 0 Å². The van der Waals surface area contributed by atoms with Gasteiger partial charge in [0.25, 0.3) is 5.71 Å². The summed E-state index contributed by atoms with van der Waals surface area (Å²) in [7, 11) is 1.99. The van der Waals surface area contributed by atoms with Crippen molar-refractivity contribution < 1.29 is 13.5 Å². The van der Waals surface area contributed by atoms with Crippen LogP contribution in [0.2, 0.25) is 0 Å². The van der Waals surface area contributed by atoms with E-state index in [1.54, 1.807) is 0 Å². The van der Waals surface area contributed by atoms with Crippen LogP contribution >= 0.6 is 0 Å². The lowest BCUT2D eigenvalue weighted by molar-refractivity contribution is -0.744. The molecule has 4 aromatic rings. The molecule has 0 radical (unpaired) electrons. The molecule has 0 fully saturated rings. The Morgan fingerprint density at radius 2 is 2.00 bits per heavy atom. The highest BCUT2D eigenvalue weighted by molar-refractivity contribution is 6.03. The fourth-order valence-electron chi connectivity index (χ4n) is 2.63. The average molecular weight is 268 g/mol. The molecule has 0 N–H and O–H groups in total. The van der Waals surface area contributed by atoms with Crippen molar-refractivity contribution in [1.29, 1.82) is 0 Å². The summed E-state index contributed by atoms with van der Waals surface area (Å²) < 4.78 is 15.6. The summed E-state index contributed by atoms with van der Waals surface area (Å²) in [6.45, 7) is 3.89. The van der Waals surface area contributed by atoms with Gasteiger partial charge < -0.3 is 8.83 Å². The Kier molecular flexibility index (Phi) is 2.10. The minimum Gasteiger partial charge on any atom is -0.437 e. The lowest BCUT2D eigenvalue weighted by Gasteiger charge is -2.05. The average Bonchev–Trinajstić information content (AvgIpc) is 3.04. The molecule has 100 valence electrons. The van der Waals surface area contributed by atoms with Crippen LogP contribution in [0, 0.1) is 13.8 Å². The molecule has 5 nitrogen and oxygen atoms in total. The zero-order valence-electron chi connectivity index (χ0n) is 11.5. The summed E-state index contributed by atoms with van der Waals surface area (Å²) in [5.41, 5.74) is 4.23. The molecule has 3 heterocycles. The maximum atomic E-state index is 5.93. The maximum absolute atomic E-state index is 5.93. The monoisotopic (exact) mass is 268 g/mol. The van der Waals surface area contributed by atoms with Crippen LogP contribution in [0.3, 0.4) is 0 Å². The summed E-state index contributed by atoms with van der Waals surface area (Å²) in [5, 5.41) is 0.954.